The van der Waals surface area contributed by atoms with Crippen molar-refractivity contribution < 1.29 is 14.4 Å². The molecule has 7 nitrogen and oxygen atoms in total. The molecule has 1 saturated heterocycles. The third-order valence-corrected chi connectivity index (χ3v) is 4.93. The fourth-order valence-electron chi connectivity index (χ4n) is 2.76. The molecule has 0 bridgehead atoms. The molecule has 1 aromatic rings. The van der Waals surface area contributed by atoms with Gasteiger partial charge in [0.2, 0.25) is 5.91 Å². The lowest BCUT2D eigenvalue weighted by Crippen LogP contribution is -2.48. The maximum atomic E-state index is 12.4. The average Bonchev–Trinajstić information content (AvgIpc) is 2.62. The third-order valence-electron chi connectivity index (χ3n) is 4.69. The van der Waals surface area contributed by atoms with Crippen LogP contribution in [-0.2, 0) is 14.4 Å². The number of hydroxylamine groups is 1. The van der Waals surface area contributed by atoms with E-state index in [4.69, 9.17) is 16.4 Å². The van der Waals surface area contributed by atoms with E-state index < -0.39 is 5.41 Å². The number of nitrogens with one attached hydrogen (secondary N) is 1. The predicted molar refractivity (Wildman–Crippen MR) is 98.5 cm³/mol. The SMILES string of the molecule is CN(C)C(=O)CONC(=O)C1(C)CCN(c2ccc(Cl)cc2C#N)CC1. The van der Waals surface area contributed by atoms with Crippen LogP contribution >= 0.6 is 11.6 Å². The van der Waals surface area contributed by atoms with Crippen molar-refractivity contribution in [1.29, 1.82) is 5.26 Å². The van der Waals surface area contributed by atoms with Gasteiger partial charge in [0.1, 0.15) is 6.07 Å². The molecule has 1 aromatic carbocycles. The van der Waals surface area contributed by atoms with E-state index in [0.717, 1.165) is 5.69 Å². The van der Waals surface area contributed by atoms with Gasteiger partial charge < -0.3 is 9.80 Å². The van der Waals surface area contributed by atoms with Gasteiger partial charge in [-0.15, -0.1) is 0 Å². The molecule has 0 radical (unpaired) electrons. The first-order chi connectivity index (χ1) is 12.3. The minimum atomic E-state index is -0.586. The lowest BCUT2D eigenvalue weighted by molar-refractivity contribution is -0.149. The van der Waals surface area contributed by atoms with E-state index in [1.54, 1.807) is 26.2 Å². The summed E-state index contributed by atoms with van der Waals surface area (Å²) in [6.45, 7) is 2.95. The molecule has 1 aliphatic rings. The average molecular weight is 379 g/mol. The summed E-state index contributed by atoms with van der Waals surface area (Å²) in [6, 6.07) is 7.40. The number of carbonyl (C=O) groups excluding carboxylic acids is 2. The van der Waals surface area contributed by atoms with Crippen LogP contribution in [0.25, 0.3) is 0 Å². The van der Waals surface area contributed by atoms with E-state index >= 15 is 0 Å². The Balaban J connectivity index is 1.93. The zero-order valence-electron chi connectivity index (χ0n) is 15.2. The molecule has 2 rings (SSSR count). The van der Waals surface area contributed by atoms with Crippen LogP contribution in [0.4, 0.5) is 5.69 Å². The molecule has 26 heavy (non-hydrogen) atoms. The van der Waals surface area contributed by atoms with Crippen molar-refractivity contribution in [2.75, 3.05) is 38.7 Å². The number of carbonyl (C=O) groups is 2. The molecule has 0 aromatic heterocycles. The normalized spacial score (nSPS) is 15.9. The number of benzene rings is 1. The topological polar surface area (TPSA) is 85.7 Å². The Hall–Kier alpha value is -2.30. The van der Waals surface area contributed by atoms with E-state index in [1.807, 2.05) is 13.0 Å². The summed E-state index contributed by atoms with van der Waals surface area (Å²) in [5.74, 6) is -0.461. The van der Waals surface area contributed by atoms with E-state index in [9.17, 15) is 14.9 Å². The van der Waals surface area contributed by atoms with Gasteiger partial charge in [0.05, 0.1) is 16.7 Å². The molecule has 140 valence electrons. The van der Waals surface area contributed by atoms with Gasteiger partial charge >= 0.3 is 0 Å². The van der Waals surface area contributed by atoms with Gasteiger partial charge in [0.15, 0.2) is 6.61 Å². The van der Waals surface area contributed by atoms with Crippen LogP contribution in [0, 0.1) is 16.7 Å². The first-order valence-corrected chi connectivity index (χ1v) is 8.71. The fourth-order valence-corrected chi connectivity index (χ4v) is 2.93. The highest BCUT2D eigenvalue weighted by molar-refractivity contribution is 6.30. The Kier molecular flexibility index (Phi) is 6.46. The van der Waals surface area contributed by atoms with Crippen molar-refractivity contribution >= 4 is 29.1 Å². The van der Waals surface area contributed by atoms with Gasteiger partial charge in [-0.2, -0.15) is 5.26 Å². The lowest BCUT2D eigenvalue weighted by atomic mass is 9.79. The third kappa shape index (κ3) is 4.65. The number of hydrogen-bond acceptors (Lipinski definition) is 5. The minimum absolute atomic E-state index is 0.197. The smallest absolute Gasteiger partial charge is 0.250 e. The maximum absolute atomic E-state index is 12.4. The first kappa shape index (κ1) is 20.0. The highest BCUT2D eigenvalue weighted by Gasteiger charge is 2.37. The Bertz CT molecular complexity index is 722. The zero-order chi connectivity index (χ0) is 19.3. The molecule has 2 amide bonds. The van der Waals surface area contributed by atoms with Crippen molar-refractivity contribution in [3.63, 3.8) is 0 Å². The number of piperidine rings is 1. The molecule has 0 aliphatic carbocycles. The summed E-state index contributed by atoms with van der Waals surface area (Å²) in [5.41, 5.74) is 3.15. The summed E-state index contributed by atoms with van der Waals surface area (Å²) >= 11 is 5.95. The summed E-state index contributed by atoms with van der Waals surface area (Å²) < 4.78 is 0. The highest BCUT2D eigenvalue weighted by Crippen LogP contribution is 2.34. The van der Waals surface area contributed by atoms with E-state index in [1.165, 1.54) is 4.90 Å². The molecule has 0 unspecified atom stereocenters. The summed E-state index contributed by atoms with van der Waals surface area (Å²) in [7, 11) is 3.24. The standard InChI is InChI=1S/C18H23ClN4O3/c1-18(17(25)21-26-12-16(24)22(2)3)6-8-23(9-7-18)15-5-4-14(19)10-13(15)11-20/h4-5,10H,6-9,12H2,1-3H3,(H,21,25). The fraction of sp³-hybridized carbons (Fsp3) is 0.500. The Labute approximate surface area is 158 Å². The Morgan fingerprint density at radius 3 is 2.62 bits per heavy atom. The van der Waals surface area contributed by atoms with E-state index in [-0.39, 0.29) is 18.4 Å². The summed E-state index contributed by atoms with van der Waals surface area (Å²) in [4.78, 5) is 32.4. The van der Waals surface area contributed by atoms with Crippen LogP contribution in [0.15, 0.2) is 18.2 Å². The molecule has 1 aliphatic heterocycles. The van der Waals surface area contributed by atoms with Crippen LogP contribution < -0.4 is 10.4 Å². The summed E-state index contributed by atoms with van der Waals surface area (Å²) in [5, 5.41) is 9.82. The van der Waals surface area contributed by atoms with Crippen molar-refractivity contribution in [1.82, 2.24) is 10.4 Å². The molecule has 1 heterocycles. The number of likely N-dealkylation sites (N-methyl/N-ethyl adjacent to an activating group) is 1. The second-order valence-corrected chi connectivity index (χ2v) is 7.27. The molecule has 8 heteroatoms. The highest BCUT2D eigenvalue weighted by atomic mass is 35.5. The molecular formula is C18H23ClN4O3. The van der Waals surface area contributed by atoms with Gasteiger partial charge in [-0.05, 0) is 31.0 Å². The molecular weight excluding hydrogens is 356 g/mol. The van der Waals surface area contributed by atoms with Crippen molar-refractivity contribution in [3.8, 4) is 6.07 Å². The lowest BCUT2D eigenvalue weighted by Gasteiger charge is -2.39. The van der Waals surface area contributed by atoms with Gasteiger partial charge in [-0.3, -0.25) is 14.4 Å². The summed E-state index contributed by atoms with van der Waals surface area (Å²) in [6.07, 6.45) is 1.22. The number of halogens is 1. The van der Waals surface area contributed by atoms with Crippen LogP contribution in [0.1, 0.15) is 25.3 Å². The maximum Gasteiger partial charge on any atom is 0.250 e. The minimum Gasteiger partial charge on any atom is -0.370 e. The quantitative estimate of drug-likeness (QED) is 0.791. The molecule has 0 spiro atoms. The number of rotatable bonds is 5. The molecule has 0 atom stereocenters. The monoisotopic (exact) mass is 378 g/mol. The van der Waals surface area contributed by atoms with Crippen molar-refractivity contribution in [2.45, 2.75) is 19.8 Å². The molecule has 1 N–H and O–H groups in total. The Morgan fingerprint density at radius 1 is 1.38 bits per heavy atom. The van der Waals surface area contributed by atoms with Gasteiger partial charge in [-0.25, -0.2) is 5.48 Å². The first-order valence-electron chi connectivity index (χ1n) is 8.34. The zero-order valence-corrected chi connectivity index (χ0v) is 16.0. The van der Waals surface area contributed by atoms with Crippen LogP contribution in [0.5, 0.6) is 0 Å². The van der Waals surface area contributed by atoms with E-state index in [0.29, 0.717) is 36.5 Å². The number of anilines is 1. The van der Waals surface area contributed by atoms with Crippen LogP contribution in [0.3, 0.4) is 0 Å². The largest absolute Gasteiger partial charge is 0.370 e. The van der Waals surface area contributed by atoms with Crippen molar-refractivity contribution in [2.24, 2.45) is 5.41 Å². The Morgan fingerprint density at radius 2 is 2.04 bits per heavy atom. The second-order valence-electron chi connectivity index (χ2n) is 6.83. The van der Waals surface area contributed by atoms with Gasteiger partial charge in [-0.1, -0.05) is 18.5 Å². The number of amides is 2. The number of hydrogen-bond donors (Lipinski definition) is 1. The van der Waals surface area contributed by atoms with Crippen molar-refractivity contribution in [3.05, 3.63) is 28.8 Å². The molecule has 0 saturated carbocycles. The predicted octanol–water partition coefficient (Wildman–Crippen LogP) is 1.95. The van der Waals surface area contributed by atoms with E-state index in [2.05, 4.69) is 16.4 Å². The van der Waals surface area contributed by atoms with Gasteiger partial charge in [0, 0.05) is 32.2 Å². The second kappa shape index (κ2) is 8.39. The van der Waals surface area contributed by atoms with Crippen LogP contribution in [0.2, 0.25) is 5.02 Å². The number of nitriles is 1. The van der Waals surface area contributed by atoms with Crippen LogP contribution in [-0.4, -0.2) is 50.5 Å². The molecule has 1 fully saturated rings. The van der Waals surface area contributed by atoms with Gasteiger partial charge in [0.25, 0.3) is 5.91 Å². The number of nitrogens with zero attached hydrogens (tertiary/aromatic N) is 3.